The van der Waals surface area contributed by atoms with Gasteiger partial charge in [-0.25, -0.2) is 9.59 Å². The third kappa shape index (κ3) is 4.67. The molecule has 118 valence electrons. The maximum atomic E-state index is 12.0. The van der Waals surface area contributed by atoms with Gasteiger partial charge in [-0.2, -0.15) is 0 Å². The number of amides is 3. The summed E-state index contributed by atoms with van der Waals surface area (Å²) in [5.74, 6) is -1.02. The van der Waals surface area contributed by atoms with Gasteiger partial charge in [0.2, 0.25) is 0 Å². The molecule has 23 heavy (non-hydrogen) atoms. The van der Waals surface area contributed by atoms with Gasteiger partial charge in [0.05, 0.1) is 12.2 Å². The van der Waals surface area contributed by atoms with Crippen molar-refractivity contribution in [3.63, 3.8) is 0 Å². The summed E-state index contributed by atoms with van der Waals surface area (Å²) in [6.07, 6.45) is 0. The van der Waals surface area contributed by atoms with Crippen LogP contribution in [0.25, 0.3) is 0 Å². The number of hydrogen-bond acceptors (Lipinski definition) is 4. The molecule has 0 spiro atoms. The summed E-state index contributed by atoms with van der Waals surface area (Å²) in [7, 11) is 0. The van der Waals surface area contributed by atoms with Gasteiger partial charge in [-0.15, -0.1) is 0 Å². The van der Waals surface area contributed by atoms with Gasteiger partial charge in [0.15, 0.2) is 0 Å². The van der Waals surface area contributed by atoms with Gasteiger partial charge < -0.3 is 10.1 Å². The number of rotatable bonds is 4. The van der Waals surface area contributed by atoms with Gasteiger partial charge in [-0.3, -0.25) is 10.1 Å². The van der Waals surface area contributed by atoms with Crippen molar-refractivity contribution in [1.29, 1.82) is 0 Å². The van der Waals surface area contributed by atoms with E-state index in [1.165, 1.54) is 24.3 Å². The van der Waals surface area contributed by atoms with Crippen LogP contribution in [0.5, 0.6) is 0 Å². The second-order valence-corrected chi connectivity index (χ2v) is 4.57. The Bertz CT molecular complexity index is 696. The van der Waals surface area contributed by atoms with E-state index in [1.54, 1.807) is 31.2 Å². The molecule has 0 atom stereocenters. The molecule has 2 aromatic carbocycles. The van der Waals surface area contributed by atoms with Gasteiger partial charge in [-0.1, -0.05) is 18.2 Å². The predicted octanol–water partition coefficient (Wildman–Crippen LogP) is 2.83. The molecule has 0 aliphatic heterocycles. The first-order valence-corrected chi connectivity index (χ1v) is 7.04. The number of para-hydroxylation sites is 1. The van der Waals surface area contributed by atoms with Crippen LogP contribution in [0.2, 0.25) is 0 Å². The van der Waals surface area contributed by atoms with Crippen molar-refractivity contribution in [2.75, 3.05) is 11.9 Å². The summed E-state index contributed by atoms with van der Waals surface area (Å²) >= 11 is 0. The Labute approximate surface area is 133 Å². The number of carbonyl (C=O) groups is 3. The summed E-state index contributed by atoms with van der Waals surface area (Å²) in [6.45, 7) is 1.99. The van der Waals surface area contributed by atoms with E-state index < -0.39 is 17.9 Å². The molecule has 2 aromatic rings. The zero-order valence-corrected chi connectivity index (χ0v) is 12.5. The van der Waals surface area contributed by atoms with E-state index in [-0.39, 0.29) is 12.2 Å². The highest BCUT2D eigenvalue weighted by molar-refractivity contribution is 6.08. The Morgan fingerprint density at radius 3 is 2.13 bits per heavy atom. The van der Waals surface area contributed by atoms with Gasteiger partial charge in [0, 0.05) is 11.3 Å². The van der Waals surface area contributed by atoms with Crippen LogP contribution in [-0.2, 0) is 4.74 Å². The molecule has 0 unspecified atom stereocenters. The molecule has 0 saturated heterocycles. The number of esters is 1. The average molecular weight is 312 g/mol. The summed E-state index contributed by atoms with van der Waals surface area (Å²) in [5, 5.41) is 4.76. The first kappa shape index (κ1) is 16.2. The minimum atomic E-state index is -0.629. The lowest BCUT2D eigenvalue weighted by molar-refractivity contribution is 0.0526. The predicted molar refractivity (Wildman–Crippen MR) is 85.3 cm³/mol. The zero-order chi connectivity index (χ0) is 16.7. The van der Waals surface area contributed by atoms with Crippen molar-refractivity contribution >= 4 is 23.6 Å². The minimum Gasteiger partial charge on any atom is -0.462 e. The number of carbonyl (C=O) groups excluding carboxylic acids is 3. The van der Waals surface area contributed by atoms with Crippen molar-refractivity contribution in [3.05, 3.63) is 65.7 Å². The van der Waals surface area contributed by atoms with E-state index in [0.717, 1.165) is 0 Å². The Morgan fingerprint density at radius 2 is 1.52 bits per heavy atom. The molecular weight excluding hydrogens is 296 g/mol. The maximum Gasteiger partial charge on any atom is 0.338 e. The van der Waals surface area contributed by atoms with Crippen molar-refractivity contribution in [3.8, 4) is 0 Å². The number of ether oxygens (including phenoxy) is 1. The third-order valence-corrected chi connectivity index (χ3v) is 2.92. The highest BCUT2D eigenvalue weighted by atomic mass is 16.5. The van der Waals surface area contributed by atoms with Gasteiger partial charge in [0.25, 0.3) is 5.91 Å². The number of nitrogens with one attached hydrogen (secondary N) is 2. The maximum absolute atomic E-state index is 12.0. The van der Waals surface area contributed by atoms with Crippen LogP contribution in [-0.4, -0.2) is 24.5 Å². The highest BCUT2D eigenvalue weighted by Crippen LogP contribution is 2.07. The van der Waals surface area contributed by atoms with Crippen molar-refractivity contribution in [2.45, 2.75) is 6.92 Å². The average Bonchev–Trinajstić information content (AvgIpc) is 2.56. The molecule has 2 N–H and O–H groups in total. The summed E-state index contributed by atoms with van der Waals surface area (Å²) in [6, 6.07) is 14.0. The van der Waals surface area contributed by atoms with Crippen LogP contribution in [0.15, 0.2) is 54.6 Å². The summed E-state index contributed by atoms with van der Waals surface area (Å²) in [4.78, 5) is 35.2. The van der Waals surface area contributed by atoms with Gasteiger partial charge in [0.1, 0.15) is 0 Å². The first-order chi connectivity index (χ1) is 11.1. The van der Waals surface area contributed by atoms with E-state index >= 15 is 0 Å². The van der Waals surface area contributed by atoms with Crippen molar-refractivity contribution in [1.82, 2.24) is 5.32 Å². The molecule has 0 heterocycles. The number of hydrogen-bond donors (Lipinski definition) is 2. The van der Waals surface area contributed by atoms with Gasteiger partial charge >= 0.3 is 12.0 Å². The van der Waals surface area contributed by atoms with Crippen LogP contribution >= 0.6 is 0 Å². The lowest BCUT2D eigenvalue weighted by atomic mass is 10.1. The van der Waals surface area contributed by atoms with Crippen LogP contribution in [0.3, 0.4) is 0 Å². The van der Waals surface area contributed by atoms with Crippen LogP contribution in [0, 0.1) is 0 Å². The van der Waals surface area contributed by atoms with Crippen molar-refractivity contribution in [2.24, 2.45) is 0 Å². The molecular formula is C17H16N2O4. The van der Waals surface area contributed by atoms with Gasteiger partial charge in [-0.05, 0) is 43.3 Å². The lowest BCUT2D eigenvalue weighted by Gasteiger charge is -2.07. The van der Waals surface area contributed by atoms with E-state index in [1.807, 2.05) is 6.07 Å². The van der Waals surface area contributed by atoms with E-state index in [4.69, 9.17) is 4.74 Å². The number of anilines is 1. The molecule has 6 heteroatoms. The molecule has 0 aliphatic carbocycles. The zero-order valence-electron chi connectivity index (χ0n) is 12.5. The molecule has 0 aromatic heterocycles. The molecule has 0 fully saturated rings. The first-order valence-electron chi connectivity index (χ1n) is 7.04. The lowest BCUT2D eigenvalue weighted by Crippen LogP contribution is -2.34. The van der Waals surface area contributed by atoms with E-state index in [9.17, 15) is 14.4 Å². The monoisotopic (exact) mass is 312 g/mol. The second kappa shape index (κ2) is 7.74. The Hall–Kier alpha value is -3.15. The fraction of sp³-hybridized carbons (Fsp3) is 0.118. The molecule has 0 bridgehead atoms. The summed E-state index contributed by atoms with van der Waals surface area (Å²) < 4.78 is 4.86. The Kier molecular flexibility index (Phi) is 5.46. The number of urea groups is 1. The topological polar surface area (TPSA) is 84.5 Å². The molecule has 0 saturated carbocycles. The fourth-order valence-electron chi connectivity index (χ4n) is 1.83. The summed E-state index contributed by atoms with van der Waals surface area (Å²) in [5.41, 5.74) is 1.19. The van der Waals surface area contributed by atoms with Crippen LogP contribution in [0.4, 0.5) is 10.5 Å². The largest absolute Gasteiger partial charge is 0.462 e. The van der Waals surface area contributed by atoms with E-state index in [2.05, 4.69) is 10.6 Å². The Morgan fingerprint density at radius 1 is 0.913 bits per heavy atom. The molecule has 6 nitrogen and oxygen atoms in total. The second-order valence-electron chi connectivity index (χ2n) is 4.57. The minimum absolute atomic E-state index is 0.265. The highest BCUT2D eigenvalue weighted by Gasteiger charge is 2.12. The molecule has 3 amide bonds. The van der Waals surface area contributed by atoms with Crippen LogP contribution < -0.4 is 10.6 Å². The van der Waals surface area contributed by atoms with Crippen LogP contribution in [0.1, 0.15) is 27.6 Å². The molecule has 0 radical (unpaired) electrons. The van der Waals surface area contributed by atoms with E-state index in [0.29, 0.717) is 11.3 Å². The smallest absolute Gasteiger partial charge is 0.338 e. The standard InChI is InChI=1S/C17H16N2O4/c1-2-23-16(21)13-10-8-12(9-11-13)15(20)19-17(22)18-14-6-4-3-5-7-14/h3-11H,2H2,1H3,(H2,18,19,20,22). The quantitative estimate of drug-likeness (QED) is 0.850. The number of benzene rings is 2. The SMILES string of the molecule is CCOC(=O)c1ccc(C(=O)NC(=O)Nc2ccccc2)cc1. The Balaban J connectivity index is 1.95. The third-order valence-electron chi connectivity index (χ3n) is 2.92. The number of imide groups is 1. The van der Waals surface area contributed by atoms with Crippen molar-refractivity contribution < 1.29 is 19.1 Å². The fourth-order valence-corrected chi connectivity index (χ4v) is 1.83. The molecule has 0 aliphatic rings. The normalized spacial score (nSPS) is 9.78. The molecule has 2 rings (SSSR count).